The van der Waals surface area contributed by atoms with E-state index in [2.05, 4.69) is 10.5 Å². The third-order valence-electron chi connectivity index (χ3n) is 5.75. The van der Waals surface area contributed by atoms with E-state index in [0.717, 1.165) is 16.8 Å². The number of allylic oxidation sites excluding steroid dienone is 2. The van der Waals surface area contributed by atoms with Crippen LogP contribution >= 0.6 is 0 Å². The summed E-state index contributed by atoms with van der Waals surface area (Å²) in [7, 11) is 0. The summed E-state index contributed by atoms with van der Waals surface area (Å²) in [4.78, 5) is 12.6. The van der Waals surface area contributed by atoms with E-state index in [1.54, 1.807) is 0 Å². The molecule has 0 bridgehead atoms. The summed E-state index contributed by atoms with van der Waals surface area (Å²) in [5.41, 5.74) is 5.75. The molecule has 142 valence electrons. The van der Waals surface area contributed by atoms with Gasteiger partial charge in [-0.15, -0.1) is 0 Å². The maximum absolute atomic E-state index is 12.6. The van der Waals surface area contributed by atoms with Gasteiger partial charge in [0.25, 0.3) is 0 Å². The minimum atomic E-state index is 0.0793. The number of carbonyl (C=O) groups excluding carboxylic acids is 1. The molecule has 1 N–H and O–H groups in total. The summed E-state index contributed by atoms with van der Waals surface area (Å²) in [5, 5.41) is 4.42. The van der Waals surface area contributed by atoms with Crippen molar-refractivity contribution < 1.29 is 4.79 Å². The van der Waals surface area contributed by atoms with Crippen molar-refractivity contribution in [1.82, 2.24) is 5.43 Å². The number of nitrogens with one attached hydrogen (secondary N) is 1. The average Bonchev–Trinajstić information content (AvgIpc) is 3.49. The third-order valence-corrected chi connectivity index (χ3v) is 5.75. The van der Waals surface area contributed by atoms with Gasteiger partial charge in [-0.1, -0.05) is 85.7 Å². The molecule has 0 radical (unpaired) electrons. The Labute approximate surface area is 166 Å². The van der Waals surface area contributed by atoms with E-state index in [4.69, 9.17) is 0 Å². The molecule has 3 heteroatoms. The summed E-state index contributed by atoms with van der Waals surface area (Å²) in [6.45, 7) is 0. The normalized spacial score (nSPS) is 23.4. The summed E-state index contributed by atoms with van der Waals surface area (Å²) in [6, 6.07) is 20.2. The maximum atomic E-state index is 12.6. The number of hydrogen-bond donors (Lipinski definition) is 1. The van der Waals surface area contributed by atoms with Crippen LogP contribution < -0.4 is 5.43 Å². The van der Waals surface area contributed by atoms with Crippen molar-refractivity contribution in [2.45, 2.75) is 25.7 Å². The van der Waals surface area contributed by atoms with Crippen LogP contribution in [0.2, 0.25) is 0 Å². The number of carbonyl (C=O) groups is 1. The molecule has 0 heterocycles. The molecule has 3 nitrogen and oxygen atoms in total. The Balaban J connectivity index is 1.47. The van der Waals surface area contributed by atoms with Crippen molar-refractivity contribution >= 4 is 23.8 Å². The predicted molar refractivity (Wildman–Crippen MR) is 115 cm³/mol. The van der Waals surface area contributed by atoms with Crippen LogP contribution in [0.3, 0.4) is 0 Å². The number of amides is 1. The Kier molecular flexibility index (Phi) is 5.81. The van der Waals surface area contributed by atoms with Crippen molar-refractivity contribution in [2.75, 3.05) is 0 Å². The van der Waals surface area contributed by atoms with Crippen LogP contribution in [0.15, 0.2) is 77.9 Å². The number of fused-ring (bicyclic) bond motifs is 1. The summed E-state index contributed by atoms with van der Waals surface area (Å²) < 4.78 is 0. The third kappa shape index (κ3) is 4.66. The molecule has 3 atom stereocenters. The molecule has 28 heavy (non-hydrogen) atoms. The highest BCUT2D eigenvalue weighted by Gasteiger charge is 2.54. The fraction of sp³-hybridized carbons (Fsp3) is 0.280. The van der Waals surface area contributed by atoms with Gasteiger partial charge in [-0.25, -0.2) is 5.43 Å². The molecule has 2 aliphatic rings. The second kappa shape index (κ2) is 8.83. The SMILES string of the molecule is O=C(NN=C(/C=C/c1ccccc1)/C=C/c1ccccc1)C1[C@H]2CCCC[C@@H]12. The fourth-order valence-corrected chi connectivity index (χ4v) is 4.20. The lowest BCUT2D eigenvalue weighted by Crippen LogP contribution is -2.22. The molecule has 0 spiro atoms. The largest absolute Gasteiger partial charge is 0.273 e. The molecular formula is C25H26N2O. The summed E-state index contributed by atoms with van der Waals surface area (Å²) in [5.74, 6) is 1.43. The lowest BCUT2D eigenvalue weighted by Gasteiger charge is -2.04. The lowest BCUT2D eigenvalue weighted by atomic mass is 10.0. The van der Waals surface area contributed by atoms with E-state index in [1.807, 2.05) is 85.0 Å². The predicted octanol–water partition coefficient (Wildman–Crippen LogP) is 5.32. The van der Waals surface area contributed by atoms with Crippen LogP contribution in [0, 0.1) is 17.8 Å². The second-order valence-corrected chi connectivity index (χ2v) is 7.64. The Morgan fingerprint density at radius 2 is 1.32 bits per heavy atom. The van der Waals surface area contributed by atoms with Gasteiger partial charge in [0.2, 0.25) is 5.91 Å². The van der Waals surface area contributed by atoms with Crippen LogP contribution in [0.5, 0.6) is 0 Å². The highest BCUT2D eigenvalue weighted by Crippen LogP contribution is 2.55. The molecule has 1 amide bonds. The van der Waals surface area contributed by atoms with Crippen LogP contribution in [0.4, 0.5) is 0 Å². The van der Waals surface area contributed by atoms with Crippen LogP contribution in [-0.4, -0.2) is 11.6 Å². The van der Waals surface area contributed by atoms with Crippen molar-refractivity contribution in [3.63, 3.8) is 0 Å². The Morgan fingerprint density at radius 3 is 1.82 bits per heavy atom. The molecule has 1 unspecified atom stereocenters. The van der Waals surface area contributed by atoms with Gasteiger partial charge in [-0.2, -0.15) is 5.10 Å². The number of benzene rings is 2. The second-order valence-electron chi connectivity index (χ2n) is 7.64. The first-order valence-electron chi connectivity index (χ1n) is 10.1. The van der Waals surface area contributed by atoms with Gasteiger partial charge in [-0.3, -0.25) is 4.79 Å². The van der Waals surface area contributed by atoms with Gasteiger partial charge >= 0.3 is 0 Å². The topological polar surface area (TPSA) is 41.5 Å². The molecule has 2 fully saturated rings. The fourth-order valence-electron chi connectivity index (χ4n) is 4.20. The molecule has 2 aromatic carbocycles. The molecule has 0 saturated heterocycles. The first-order chi connectivity index (χ1) is 13.8. The quantitative estimate of drug-likeness (QED) is 0.542. The van der Waals surface area contributed by atoms with E-state index < -0.39 is 0 Å². The smallest absolute Gasteiger partial charge is 0.243 e. The van der Waals surface area contributed by atoms with Gasteiger partial charge in [0.05, 0.1) is 5.71 Å². The highest BCUT2D eigenvalue weighted by atomic mass is 16.2. The minimum absolute atomic E-state index is 0.0793. The Hall–Kier alpha value is -2.94. The number of hydrazone groups is 1. The van der Waals surface area contributed by atoms with Gasteiger partial charge < -0.3 is 0 Å². The molecule has 2 saturated carbocycles. The van der Waals surface area contributed by atoms with E-state index in [1.165, 1.54) is 25.7 Å². The molecular weight excluding hydrogens is 344 g/mol. The average molecular weight is 370 g/mol. The van der Waals surface area contributed by atoms with E-state index in [-0.39, 0.29) is 11.8 Å². The highest BCUT2D eigenvalue weighted by molar-refractivity contribution is 6.09. The van der Waals surface area contributed by atoms with Crippen LogP contribution in [0.25, 0.3) is 12.2 Å². The molecule has 2 aliphatic carbocycles. The minimum Gasteiger partial charge on any atom is -0.273 e. The summed E-state index contributed by atoms with van der Waals surface area (Å²) in [6.07, 6.45) is 12.8. The van der Waals surface area contributed by atoms with Gasteiger partial charge in [0.15, 0.2) is 0 Å². The lowest BCUT2D eigenvalue weighted by molar-refractivity contribution is -0.122. The summed E-state index contributed by atoms with van der Waals surface area (Å²) >= 11 is 0. The van der Waals surface area contributed by atoms with E-state index in [0.29, 0.717) is 11.8 Å². The van der Waals surface area contributed by atoms with Crippen molar-refractivity contribution in [3.8, 4) is 0 Å². The number of hydrogen-bond acceptors (Lipinski definition) is 2. The first kappa shape index (κ1) is 18.4. The molecule has 0 aliphatic heterocycles. The zero-order valence-corrected chi connectivity index (χ0v) is 16.0. The monoisotopic (exact) mass is 370 g/mol. The van der Waals surface area contributed by atoms with Crippen LogP contribution in [0.1, 0.15) is 36.8 Å². The number of rotatable bonds is 6. The molecule has 4 rings (SSSR count). The Morgan fingerprint density at radius 1 is 0.821 bits per heavy atom. The zero-order chi connectivity index (χ0) is 19.2. The molecule has 0 aromatic heterocycles. The van der Waals surface area contributed by atoms with Gasteiger partial charge in [0.1, 0.15) is 0 Å². The Bertz CT molecular complexity index is 820. The van der Waals surface area contributed by atoms with Crippen molar-refractivity contribution in [2.24, 2.45) is 22.9 Å². The van der Waals surface area contributed by atoms with Crippen molar-refractivity contribution in [3.05, 3.63) is 83.9 Å². The van der Waals surface area contributed by atoms with E-state index >= 15 is 0 Å². The van der Waals surface area contributed by atoms with E-state index in [9.17, 15) is 4.79 Å². The van der Waals surface area contributed by atoms with Crippen LogP contribution in [-0.2, 0) is 4.79 Å². The zero-order valence-electron chi connectivity index (χ0n) is 16.0. The standard InChI is InChI=1S/C25H26N2O/c28-25(24-22-13-7-8-14-23(22)24)27-26-21(17-15-19-9-3-1-4-10-19)18-16-20-11-5-2-6-12-20/h1-6,9-12,15-18,22-24H,7-8,13-14H2,(H,27,28)/b17-15+,18-16+/t22-,23+,24?. The van der Waals surface area contributed by atoms with Gasteiger partial charge in [-0.05, 0) is 48.0 Å². The van der Waals surface area contributed by atoms with Crippen molar-refractivity contribution in [1.29, 1.82) is 0 Å². The number of nitrogens with zero attached hydrogens (tertiary/aromatic N) is 1. The van der Waals surface area contributed by atoms with Gasteiger partial charge in [0, 0.05) is 5.92 Å². The molecule has 2 aromatic rings. The maximum Gasteiger partial charge on any atom is 0.243 e. The first-order valence-corrected chi connectivity index (χ1v) is 10.1.